The Morgan fingerprint density at radius 3 is 2.50 bits per heavy atom. The van der Waals surface area contributed by atoms with Crippen molar-refractivity contribution in [3.63, 3.8) is 0 Å². The molecule has 1 heterocycles. The molecule has 4 heteroatoms. The minimum atomic E-state index is 0.276. The second-order valence-electron chi connectivity index (χ2n) is 4.93. The molecule has 2 N–H and O–H groups in total. The summed E-state index contributed by atoms with van der Waals surface area (Å²) in [6.45, 7) is 4.96. The molecule has 20 heavy (non-hydrogen) atoms. The Balaban J connectivity index is 2.32. The van der Waals surface area contributed by atoms with E-state index in [0.717, 1.165) is 12.4 Å². The Labute approximate surface area is 119 Å². The zero-order chi connectivity index (χ0) is 14.5. The zero-order valence-corrected chi connectivity index (χ0v) is 11.7. The van der Waals surface area contributed by atoms with Crippen LogP contribution in [0.1, 0.15) is 25.1 Å². The standard InChI is InChI=1S/C16H18N4/c1-12(2)20(11-13-6-4-3-5-7-13)16-9-8-14(18)15(10-17)19-16/h3-9,12H,11,18H2,1-2H3. The Morgan fingerprint density at radius 1 is 1.20 bits per heavy atom. The lowest BCUT2D eigenvalue weighted by Crippen LogP contribution is -2.31. The molecule has 102 valence electrons. The number of nitrogens with two attached hydrogens (primary N) is 1. The maximum atomic E-state index is 9.04. The van der Waals surface area contributed by atoms with E-state index in [1.54, 1.807) is 6.07 Å². The van der Waals surface area contributed by atoms with Gasteiger partial charge in [0.15, 0.2) is 5.69 Å². The first kappa shape index (κ1) is 13.9. The number of hydrogen-bond donors (Lipinski definition) is 1. The number of benzene rings is 1. The van der Waals surface area contributed by atoms with Gasteiger partial charge in [0.05, 0.1) is 5.69 Å². The van der Waals surface area contributed by atoms with E-state index in [1.165, 1.54) is 5.56 Å². The van der Waals surface area contributed by atoms with Gasteiger partial charge in [-0.2, -0.15) is 5.26 Å². The molecule has 0 aliphatic rings. The Bertz CT molecular complexity index is 614. The third-order valence-corrected chi connectivity index (χ3v) is 3.13. The van der Waals surface area contributed by atoms with Gasteiger partial charge in [-0.25, -0.2) is 4.98 Å². The van der Waals surface area contributed by atoms with Crippen molar-refractivity contribution in [2.75, 3.05) is 10.6 Å². The van der Waals surface area contributed by atoms with E-state index in [4.69, 9.17) is 11.0 Å². The van der Waals surface area contributed by atoms with Gasteiger partial charge in [-0.05, 0) is 31.5 Å². The monoisotopic (exact) mass is 266 g/mol. The van der Waals surface area contributed by atoms with E-state index in [9.17, 15) is 0 Å². The maximum Gasteiger partial charge on any atom is 0.165 e. The summed E-state index contributed by atoms with van der Waals surface area (Å²) >= 11 is 0. The van der Waals surface area contributed by atoms with Gasteiger partial charge in [0, 0.05) is 12.6 Å². The molecule has 0 aliphatic heterocycles. The lowest BCUT2D eigenvalue weighted by Gasteiger charge is -2.28. The molecule has 1 aromatic heterocycles. The molecule has 0 radical (unpaired) electrons. The van der Waals surface area contributed by atoms with Crippen molar-refractivity contribution in [3.05, 3.63) is 53.7 Å². The van der Waals surface area contributed by atoms with Gasteiger partial charge in [-0.15, -0.1) is 0 Å². The van der Waals surface area contributed by atoms with Gasteiger partial charge in [0.2, 0.25) is 0 Å². The number of nitrogens with zero attached hydrogens (tertiary/aromatic N) is 3. The number of hydrogen-bond acceptors (Lipinski definition) is 4. The highest BCUT2D eigenvalue weighted by molar-refractivity contribution is 5.55. The van der Waals surface area contributed by atoms with Gasteiger partial charge in [0.1, 0.15) is 11.9 Å². The fourth-order valence-electron chi connectivity index (χ4n) is 2.02. The van der Waals surface area contributed by atoms with Crippen LogP contribution >= 0.6 is 0 Å². The first-order chi connectivity index (χ1) is 9.61. The van der Waals surface area contributed by atoms with Crippen LogP contribution in [0.15, 0.2) is 42.5 Å². The van der Waals surface area contributed by atoms with Crippen LogP contribution in [0.25, 0.3) is 0 Å². The van der Waals surface area contributed by atoms with Crippen molar-refractivity contribution >= 4 is 11.5 Å². The highest BCUT2D eigenvalue weighted by Gasteiger charge is 2.14. The van der Waals surface area contributed by atoms with Crippen LogP contribution in [0, 0.1) is 11.3 Å². The van der Waals surface area contributed by atoms with Crippen LogP contribution in [-0.4, -0.2) is 11.0 Å². The Morgan fingerprint density at radius 2 is 1.90 bits per heavy atom. The van der Waals surface area contributed by atoms with Crippen LogP contribution in [0.5, 0.6) is 0 Å². The summed E-state index contributed by atoms with van der Waals surface area (Å²) in [7, 11) is 0. The molecule has 0 atom stereocenters. The first-order valence-electron chi connectivity index (χ1n) is 6.59. The lowest BCUT2D eigenvalue weighted by molar-refractivity contribution is 0.672. The minimum Gasteiger partial charge on any atom is -0.396 e. The normalized spacial score (nSPS) is 10.3. The fourth-order valence-corrected chi connectivity index (χ4v) is 2.02. The lowest BCUT2D eigenvalue weighted by atomic mass is 10.2. The number of nitrogen functional groups attached to an aromatic ring is 1. The molecule has 0 saturated carbocycles. The van der Waals surface area contributed by atoms with Gasteiger partial charge < -0.3 is 10.6 Å². The smallest absolute Gasteiger partial charge is 0.165 e. The van der Waals surface area contributed by atoms with Crippen LogP contribution in [0.3, 0.4) is 0 Å². The summed E-state index contributed by atoms with van der Waals surface area (Å²) in [5.74, 6) is 0.773. The molecule has 0 aliphatic carbocycles. The number of aromatic nitrogens is 1. The zero-order valence-electron chi connectivity index (χ0n) is 11.7. The van der Waals surface area contributed by atoms with Crippen molar-refractivity contribution in [2.45, 2.75) is 26.4 Å². The number of rotatable bonds is 4. The van der Waals surface area contributed by atoms with Crippen molar-refractivity contribution in [1.29, 1.82) is 5.26 Å². The van der Waals surface area contributed by atoms with Crippen LogP contribution in [-0.2, 0) is 6.54 Å². The molecule has 0 amide bonds. The summed E-state index contributed by atoms with van der Waals surface area (Å²) in [4.78, 5) is 6.50. The van der Waals surface area contributed by atoms with Crippen molar-refractivity contribution in [1.82, 2.24) is 4.98 Å². The highest BCUT2D eigenvalue weighted by Crippen LogP contribution is 2.20. The molecule has 0 spiro atoms. The molecule has 2 aromatic rings. The van der Waals surface area contributed by atoms with E-state index in [2.05, 4.69) is 35.9 Å². The largest absolute Gasteiger partial charge is 0.396 e. The van der Waals surface area contributed by atoms with Crippen molar-refractivity contribution in [2.24, 2.45) is 0 Å². The SMILES string of the molecule is CC(C)N(Cc1ccccc1)c1ccc(N)c(C#N)n1. The van der Waals surface area contributed by atoms with Gasteiger partial charge in [-0.3, -0.25) is 0 Å². The minimum absolute atomic E-state index is 0.276. The van der Waals surface area contributed by atoms with E-state index in [0.29, 0.717) is 5.69 Å². The predicted molar refractivity (Wildman–Crippen MR) is 81.1 cm³/mol. The van der Waals surface area contributed by atoms with Crippen LogP contribution < -0.4 is 10.6 Å². The van der Waals surface area contributed by atoms with E-state index >= 15 is 0 Å². The molecule has 1 aromatic carbocycles. The van der Waals surface area contributed by atoms with Crippen LogP contribution in [0.2, 0.25) is 0 Å². The average Bonchev–Trinajstić information content (AvgIpc) is 2.46. The quantitative estimate of drug-likeness (QED) is 0.924. The first-order valence-corrected chi connectivity index (χ1v) is 6.59. The number of pyridine rings is 1. The van der Waals surface area contributed by atoms with Crippen molar-refractivity contribution < 1.29 is 0 Å². The molecule has 4 nitrogen and oxygen atoms in total. The second-order valence-corrected chi connectivity index (χ2v) is 4.93. The van der Waals surface area contributed by atoms with E-state index in [-0.39, 0.29) is 11.7 Å². The third kappa shape index (κ3) is 3.07. The Hall–Kier alpha value is -2.54. The molecule has 0 bridgehead atoms. The van der Waals surface area contributed by atoms with E-state index < -0.39 is 0 Å². The fraction of sp³-hybridized carbons (Fsp3) is 0.250. The molecule has 0 saturated heterocycles. The summed E-state index contributed by atoms with van der Waals surface area (Å²) in [6.07, 6.45) is 0. The van der Waals surface area contributed by atoms with Crippen molar-refractivity contribution in [3.8, 4) is 6.07 Å². The van der Waals surface area contributed by atoms with Gasteiger partial charge in [0.25, 0.3) is 0 Å². The number of nitriles is 1. The molecule has 0 fully saturated rings. The molecule has 2 rings (SSSR count). The molecular formula is C16H18N4. The highest BCUT2D eigenvalue weighted by atomic mass is 15.2. The molecular weight excluding hydrogens is 248 g/mol. The summed E-state index contributed by atoms with van der Waals surface area (Å²) in [5.41, 5.74) is 7.63. The summed E-state index contributed by atoms with van der Waals surface area (Å²) in [6, 6.07) is 16.1. The van der Waals surface area contributed by atoms with Crippen LogP contribution in [0.4, 0.5) is 11.5 Å². The maximum absolute atomic E-state index is 9.04. The summed E-state index contributed by atoms with van der Waals surface area (Å²) in [5, 5.41) is 9.04. The topological polar surface area (TPSA) is 65.9 Å². The third-order valence-electron chi connectivity index (χ3n) is 3.13. The molecule has 0 unspecified atom stereocenters. The summed E-state index contributed by atoms with van der Waals surface area (Å²) < 4.78 is 0. The number of anilines is 2. The second kappa shape index (κ2) is 6.07. The average molecular weight is 266 g/mol. The predicted octanol–water partition coefficient (Wildman–Crippen LogP) is 2.95. The van der Waals surface area contributed by atoms with Gasteiger partial charge >= 0.3 is 0 Å². The van der Waals surface area contributed by atoms with Gasteiger partial charge in [-0.1, -0.05) is 30.3 Å². The van der Waals surface area contributed by atoms with E-state index in [1.807, 2.05) is 30.3 Å². The Kier molecular flexibility index (Phi) is 4.21.